The summed E-state index contributed by atoms with van der Waals surface area (Å²) in [6, 6.07) is 0. The van der Waals surface area contributed by atoms with E-state index in [1.54, 1.807) is 6.08 Å². The molecule has 0 N–H and O–H groups in total. The van der Waals surface area contributed by atoms with Gasteiger partial charge in [0.15, 0.2) is 0 Å². The van der Waals surface area contributed by atoms with Crippen LogP contribution in [0.1, 0.15) is 39.5 Å². The van der Waals surface area contributed by atoms with Crippen LogP contribution in [0.5, 0.6) is 0 Å². The van der Waals surface area contributed by atoms with Crippen LogP contribution in [0.15, 0.2) is 17.2 Å². The summed E-state index contributed by atoms with van der Waals surface area (Å²) in [4.78, 5) is 0. The van der Waals surface area contributed by atoms with E-state index < -0.39 is 0 Å². The third-order valence-electron chi connectivity index (χ3n) is 1.78. The Morgan fingerprint density at radius 2 is 1.83 bits per heavy atom. The van der Waals surface area contributed by atoms with Gasteiger partial charge in [0.2, 0.25) is 0 Å². The topological polar surface area (TPSA) is 0 Å². The fraction of sp³-hybridized carbons (Fsp3) is 0.500. The Hall–Kier alpha value is -0.960. The summed E-state index contributed by atoms with van der Waals surface area (Å²) in [5.74, 6) is 2.71. The summed E-state index contributed by atoms with van der Waals surface area (Å²) in [5, 5.41) is 0. The normalized spacial score (nSPS) is 11.8. The lowest BCUT2D eigenvalue weighted by atomic mass is 10.0. The Bertz CT molecular complexity index is 201. The first-order valence-electron chi connectivity index (χ1n) is 4.53. The Morgan fingerprint density at radius 3 is 2.17 bits per heavy atom. The second-order valence-corrected chi connectivity index (χ2v) is 2.81. The molecule has 0 rings (SSSR count). The molecule has 0 aromatic heterocycles. The van der Waals surface area contributed by atoms with Gasteiger partial charge < -0.3 is 0 Å². The lowest BCUT2D eigenvalue weighted by molar-refractivity contribution is 0.875. The molecule has 0 spiro atoms. The molecule has 0 nitrogen and oxygen atoms in total. The molecule has 0 saturated heterocycles. The minimum Gasteiger partial charge on any atom is -0.115 e. The molecule has 1 radical (unpaired) electrons. The minimum atomic E-state index is 0.972. The van der Waals surface area contributed by atoms with Crippen LogP contribution < -0.4 is 0 Å². The zero-order valence-electron chi connectivity index (χ0n) is 8.06. The predicted octanol–water partition coefficient (Wildman–Crippen LogP) is 3.51. The minimum absolute atomic E-state index is 0.972. The van der Waals surface area contributed by atoms with Crippen LogP contribution in [0, 0.1) is 18.9 Å². The van der Waals surface area contributed by atoms with Crippen molar-refractivity contribution in [3.63, 3.8) is 0 Å². The molecular weight excluding hydrogens is 144 g/mol. The molecule has 0 heteroatoms. The van der Waals surface area contributed by atoms with Crippen LogP contribution in [-0.4, -0.2) is 0 Å². The summed E-state index contributed by atoms with van der Waals surface area (Å²) in [6.45, 7) is 9.74. The summed E-state index contributed by atoms with van der Waals surface area (Å²) < 4.78 is 0. The predicted molar refractivity (Wildman–Crippen MR) is 54.5 cm³/mol. The quantitative estimate of drug-likeness (QED) is 0.427. The van der Waals surface area contributed by atoms with Crippen molar-refractivity contribution in [3.05, 3.63) is 23.8 Å². The number of hydrogen-bond acceptors (Lipinski definition) is 0. The maximum Gasteiger partial charge on any atom is 0.00495 e. The van der Waals surface area contributed by atoms with Crippen LogP contribution in [0.2, 0.25) is 0 Å². The van der Waals surface area contributed by atoms with Crippen LogP contribution in [0.25, 0.3) is 0 Å². The maximum atomic E-state index is 5.49. The smallest absolute Gasteiger partial charge is 0.00495 e. The van der Waals surface area contributed by atoms with Gasteiger partial charge >= 0.3 is 0 Å². The van der Waals surface area contributed by atoms with Crippen molar-refractivity contribution in [3.8, 4) is 12.3 Å². The first-order chi connectivity index (χ1) is 5.79. The highest BCUT2D eigenvalue weighted by Crippen LogP contribution is 2.15. The fourth-order valence-corrected chi connectivity index (χ4v) is 1.18. The van der Waals surface area contributed by atoms with Crippen molar-refractivity contribution in [1.82, 2.24) is 0 Å². The summed E-state index contributed by atoms with van der Waals surface area (Å²) in [7, 11) is 0. The number of terminal acetylenes is 1. The van der Waals surface area contributed by atoms with Crippen molar-refractivity contribution < 1.29 is 0 Å². The number of allylic oxidation sites excluding steroid dienone is 3. The molecule has 0 aliphatic heterocycles. The van der Waals surface area contributed by atoms with Crippen molar-refractivity contribution in [2.24, 2.45) is 0 Å². The van der Waals surface area contributed by atoms with Gasteiger partial charge in [0, 0.05) is 5.57 Å². The molecular formula is C12H17. The molecule has 0 atom stereocenters. The van der Waals surface area contributed by atoms with Crippen LogP contribution in [-0.2, 0) is 0 Å². The van der Waals surface area contributed by atoms with Crippen LogP contribution in [0.3, 0.4) is 0 Å². The molecule has 0 saturated carbocycles. The average molecular weight is 161 g/mol. The molecule has 0 unspecified atom stereocenters. The number of rotatable bonds is 5. The zero-order chi connectivity index (χ0) is 9.40. The third-order valence-corrected chi connectivity index (χ3v) is 1.78. The maximum absolute atomic E-state index is 5.49. The van der Waals surface area contributed by atoms with Crippen LogP contribution in [0.4, 0.5) is 0 Å². The molecule has 0 amide bonds. The van der Waals surface area contributed by atoms with Gasteiger partial charge in [0.1, 0.15) is 0 Å². The highest BCUT2D eigenvalue weighted by molar-refractivity contribution is 5.36. The molecule has 0 aliphatic rings. The SMILES string of the molecule is [CH]=CC(CCC)=C(C#C)CCC. The van der Waals surface area contributed by atoms with E-state index in [0.29, 0.717) is 0 Å². The van der Waals surface area contributed by atoms with Gasteiger partial charge in [-0.2, -0.15) is 0 Å². The third kappa shape index (κ3) is 3.44. The average Bonchev–Trinajstić information content (AvgIpc) is 2.11. The molecule has 0 heterocycles. The van der Waals surface area contributed by atoms with Gasteiger partial charge in [0.25, 0.3) is 0 Å². The van der Waals surface area contributed by atoms with E-state index in [4.69, 9.17) is 13.0 Å². The highest BCUT2D eigenvalue weighted by atomic mass is 14.0. The van der Waals surface area contributed by atoms with Gasteiger partial charge in [-0.1, -0.05) is 45.3 Å². The molecule has 12 heavy (non-hydrogen) atoms. The van der Waals surface area contributed by atoms with Gasteiger partial charge in [-0.25, -0.2) is 0 Å². The van der Waals surface area contributed by atoms with E-state index in [-0.39, 0.29) is 0 Å². The van der Waals surface area contributed by atoms with Gasteiger partial charge in [-0.15, -0.1) is 6.42 Å². The van der Waals surface area contributed by atoms with E-state index in [0.717, 1.165) is 36.8 Å². The second kappa shape index (κ2) is 6.73. The molecule has 0 fully saturated rings. The standard InChI is InChI=1S/C12H17/c1-5-9-11(7-3)12(8-4)10-6-2/h3-4,7H,5-6,9-10H2,1-2H3. The lowest BCUT2D eigenvalue weighted by Crippen LogP contribution is -1.87. The van der Waals surface area contributed by atoms with E-state index in [1.807, 2.05) is 0 Å². The zero-order valence-corrected chi connectivity index (χ0v) is 8.06. The van der Waals surface area contributed by atoms with E-state index >= 15 is 0 Å². The van der Waals surface area contributed by atoms with Crippen molar-refractivity contribution in [2.45, 2.75) is 39.5 Å². The molecule has 0 bridgehead atoms. The first-order valence-corrected chi connectivity index (χ1v) is 4.53. The Morgan fingerprint density at radius 1 is 1.25 bits per heavy atom. The van der Waals surface area contributed by atoms with E-state index in [1.165, 1.54) is 0 Å². The Labute approximate surface area is 76.4 Å². The van der Waals surface area contributed by atoms with Gasteiger partial charge in [0.05, 0.1) is 0 Å². The van der Waals surface area contributed by atoms with Gasteiger partial charge in [-0.3, -0.25) is 0 Å². The van der Waals surface area contributed by atoms with Crippen molar-refractivity contribution >= 4 is 0 Å². The van der Waals surface area contributed by atoms with Gasteiger partial charge in [-0.05, 0) is 18.4 Å². The molecule has 65 valence electrons. The second-order valence-electron chi connectivity index (χ2n) is 2.81. The summed E-state index contributed by atoms with van der Waals surface area (Å²) in [5.41, 5.74) is 2.21. The summed E-state index contributed by atoms with van der Waals surface area (Å²) >= 11 is 0. The monoisotopic (exact) mass is 161 g/mol. The number of hydrogen-bond donors (Lipinski definition) is 0. The molecule has 0 aliphatic carbocycles. The largest absolute Gasteiger partial charge is 0.115 e. The Kier molecular flexibility index (Phi) is 6.19. The van der Waals surface area contributed by atoms with Crippen molar-refractivity contribution in [2.75, 3.05) is 0 Å². The molecule has 0 aromatic carbocycles. The van der Waals surface area contributed by atoms with E-state index in [2.05, 4.69) is 19.8 Å². The highest BCUT2D eigenvalue weighted by Gasteiger charge is 1.98. The van der Waals surface area contributed by atoms with Crippen LogP contribution >= 0.6 is 0 Å². The lowest BCUT2D eigenvalue weighted by Gasteiger charge is -2.04. The first kappa shape index (κ1) is 11.0. The van der Waals surface area contributed by atoms with E-state index in [9.17, 15) is 0 Å². The Balaban J connectivity index is 4.52. The molecule has 0 aromatic rings. The fourth-order valence-electron chi connectivity index (χ4n) is 1.18. The van der Waals surface area contributed by atoms with Crippen molar-refractivity contribution in [1.29, 1.82) is 0 Å². The summed E-state index contributed by atoms with van der Waals surface area (Å²) in [6.07, 6.45) is 11.2.